The Labute approximate surface area is 113 Å². The fraction of sp³-hybridized carbons (Fsp3) is 0.818. The molecular formula is C11H22ClN3O3. The summed E-state index contributed by atoms with van der Waals surface area (Å²) < 4.78 is 5.29. The maximum absolute atomic E-state index is 11.5. The number of rotatable bonds is 5. The topological polar surface area (TPSA) is 93.5 Å². The Morgan fingerprint density at radius 3 is 2.44 bits per heavy atom. The largest absolute Gasteiger partial charge is 0.381 e. The standard InChI is InChI=1S/C11H21N3O3.ClH/c1-11(2)7(4-8(11)17-3)14-10(16)6-13-9(15)5-12;/h7-8H,4-6,12H2,1-3H3,(H,13,15)(H,14,16);1H. The maximum Gasteiger partial charge on any atom is 0.239 e. The van der Waals surface area contributed by atoms with Crippen molar-refractivity contribution in [3.63, 3.8) is 0 Å². The minimum absolute atomic E-state index is 0. The van der Waals surface area contributed by atoms with Gasteiger partial charge in [-0.25, -0.2) is 0 Å². The first-order chi connectivity index (χ1) is 7.91. The molecule has 1 rings (SSSR count). The molecule has 0 spiro atoms. The lowest BCUT2D eigenvalue weighted by Gasteiger charge is -2.51. The molecule has 0 aliphatic heterocycles. The van der Waals surface area contributed by atoms with Gasteiger partial charge in [0, 0.05) is 18.6 Å². The van der Waals surface area contributed by atoms with E-state index in [9.17, 15) is 9.59 Å². The normalized spacial score (nSPS) is 24.4. The molecule has 0 aromatic rings. The molecule has 6 nitrogen and oxygen atoms in total. The Morgan fingerprint density at radius 1 is 1.39 bits per heavy atom. The first-order valence-electron chi connectivity index (χ1n) is 5.70. The smallest absolute Gasteiger partial charge is 0.239 e. The van der Waals surface area contributed by atoms with Gasteiger partial charge in [-0.2, -0.15) is 0 Å². The number of methoxy groups -OCH3 is 1. The number of nitrogens with two attached hydrogens (primary N) is 1. The van der Waals surface area contributed by atoms with Crippen LogP contribution in [0.4, 0.5) is 0 Å². The second-order valence-corrected chi connectivity index (χ2v) is 4.88. The predicted octanol–water partition coefficient (Wildman–Crippen LogP) is -0.587. The highest BCUT2D eigenvalue weighted by Gasteiger charge is 2.49. The van der Waals surface area contributed by atoms with Gasteiger partial charge in [-0.1, -0.05) is 13.8 Å². The summed E-state index contributed by atoms with van der Waals surface area (Å²) in [6, 6.07) is 0.0923. The van der Waals surface area contributed by atoms with E-state index in [1.807, 2.05) is 13.8 Å². The number of nitrogens with one attached hydrogen (secondary N) is 2. The van der Waals surface area contributed by atoms with Crippen molar-refractivity contribution in [2.24, 2.45) is 11.1 Å². The third-order valence-corrected chi connectivity index (χ3v) is 3.43. The zero-order valence-corrected chi connectivity index (χ0v) is 11.8. The zero-order valence-electron chi connectivity index (χ0n) is 11.0. The van der Waals surface area contributed by atoms with Crippen LogP contribution >= 0.6 is 12.4 Å². The number of amides is 2. The molecule has 2 unspecified atom stereocenters. The Kier molecular flexibility index (Phi) is 6.59. The lowest BCUT2D eigenvalue weighted by molar-refractivity contribution is -0.133. The van der Waals surface area contributed by atoms with Crippen LogP contribution in [0.25, 0.3) is 0 Å². The van der Waals surface area contributed by atoms with Crippen LogP contribution in [0.1, 0.15) is 20.3 Å². The van der Waals surface area contributed by atoms with Crippen molar-refractivity contribution in [2.75, 3.05) is 20.2 Å². The van der Waals surface area contributed by atoms with E-state index in [1.165, 1.54) is 0 Å². The van der Waals surface area contributed by atoms with Gasteiger partial charge >= 0.3 is 0 Å². The summed E-state index contributed by atoms with van der Waals surface area (Å²) in [7, 11) is 1.67. The summed E-state index contributed by atoms with van der Waals surface area (Å²) in [4.78, 5) is 22.4. The quantitative estimate of drug-likeness (QED) is 0.627. The third-order valence-electron chi connectivity index (χ3n) is 3.43. The average Bonchev–Trinajstić information content (AvgIpc) is 2.30. The third kappa shape index (κ3) is 3.83. The fourth-order valence-electron chi connectivity index (χ4n) is 2.03. The van der Waals surface area contributed by atoms with Crippen LogP contribution in [0.2, 0.25) is 0 Å². The molecule has 0 bridgehead atoms. The Hall–Kier alpha value is -0.850. The summed E-state index contributed by atoms with van der Waals surface area (Å²) in [5, 5.41) is 5.31. The number of ether oxygens (including phenoxy) is 1. The number of halogens is 1. The van der Waals surface area contributed by atoms with E-state index in [2.05, 4.69) is 10.6 Å². The molecule has 1 saturated carbocycles. The van der Waals surface area contributed by atoms with Gasteiger partial charge in [0.05, 0.1) is 19.2 Å². The second-order valence-electron chi connectivity index (χ2n) is 4.88. The van der Waals surface area contributed by atoms with E-state index in [4.69, 9.17) is 10.5 Å². The number of carbonyl (C=O) groups is 2. The summed E-state index contributed by atoms with van der Waals surface area (Å²) in [6.07, 6.45) is 0.978. The summed E-state index contributed by atoms with van der Waals surface area (Å²) >= 11 is 0. The van der Waals surface area contributed by atoms with Crippen LogP contribution in [-0.2, 0) is 14.3 Å². The molecule has 0 radical (unpaired) electrons. The molecule has 1 fully saturated rings. The molecule has 106 valence electrons. The van der Waals surface area contributed by atoms with Crippen LogP contribution in [0, 0.1) is 5.41 Å². The Morgan fingerprint density at radius 2 is 2.00 bits per heavy atom. The van der Waals surface area contributed by atoms with E-state index < -0.39 is 0 Å². The molecule has 18 heavy (non-hydrogen) atoms. The molecule has 1 aliphatic carbocycles. The Bertz CT molecular complexity index is 310. The molecule has 4 N–H and O–H groups in total. The van der Waals surface area contributed by atoms with Crippen LogP contribution in [0.3, 0.4) is 0 Å². The lowest BCUT2D eigenvalue weighted by atomic mass is 9.64. The zero-order chi connectivity index (χ0) is 13.1. The van der Waals surface area contributed by atoms with E-state index >= 15 is 0 Å². The van der Waals surface area contributed by atoms with E-state index in [-0.39, 0.29) is 54.9 Å². The first-order valence-corrected chi connectivity index (χ1v) is 5.70. The molecule has 7 heteroatoms. The van der Waals surface area contributed by atoms with Crippen molar-refractivity contribution < 1.29 is 14.3 Å². The minimum atomic E-state index is -0.331. The molecule has 0 aromatic carbocycles. The summed E-state index contributed by atoms with van der Waals surface area (Å²) in [5.41, 5.74) is 5.05. The van der Waals surface area contributed by atoms with Crippen LogP contribution in [-0.4, -0.2) is 44.2 Å². The number of hydrogen-bond acceptors (Lipinski definition) is 4. The molecule has 1 aliphatic rings. The summed E-state index contributed by atoms with van der Waals surface area (Å²) in [6.45, 7) is 3.97. The van der Waals surface area contributed by atoms with Gasteiger partial charge in [-0.3, -0.25) is 9.59 Å². The highest BCUT2D eigenvalue weighted by molar-refractivity contribution is 5.86. The summed E-state index contributed by atoms with van der Waals surface area (Å²) in [5.74, 6) is -0.526. The highest BCUT2D eigenvalue weighted by atomic mass is 35.5. The maximum atomic E-state index is 11.5. The SMILES string of the molecule is COC1CC(NC(=O)CNC(=O)CN)C1(C)C.Cl. The van der Waals surface area contributed by atoms with Gasteiger partial charge in [0.2, 0.25) is 11.8 Å². The van der Waals surface area contributed by atoms with Gasteiger partial charge in [-0.05, 0) is 6.42 Å². The van der Waals surface area contributed by atoms with Gasteiger partial charge in [0.15, 0.2) is 0 Å². The number of hydrogen-bond donors (Lipinski definition) is 3. The van der Waals surface area contributed by atoms with E-state index in [0.717, 1.165) is 6.42 Å². The van der Waals surface area contributed by atoms with Crippen molar-refractivity contribution in [1.29, 1.82) is 0 Å². The average molecular weight is 280 g/mol. The van der Waals surface area contributed by atoms with Crippen LogP contribution in [0.5, 0.6) is 0 Å². The fourth-order valence-corrected chi connectivity index (χ4v) is 2.03. The molecule has 2 amide bonds. The minimum Gasteiger partial charge on any atom is -0.381 e. The van der Waals surface area contributed by atoms with Crippen molar-refractivity contribution in [3.8, 4) is 0 Å². The van der Waals surface area contributed by atoms with Crippen molar-refractivity contribution in [2.45, 2.75) is 32.4 Å². The van der Waals surface area contributed by atoms with Gasteiger partial charge < -0.3 is 21.1 Å². The van der Waals surface area contributed by atoms with Gasteiger partial charge in [-0.15, -0.1) is 12.4 Å². The predicted molar refractivity (Wildman–Crippen MR) is 70.4 cm³/mol. The van der Waals surface area contributed by atoms with Gasteiger partial charge in [0.25, 0.3) is 0 Å². The monoisotopic (exact) mass is 279 g/mol. The Balaban J connectivity index is 0.00000289. The van der Waals surface area contributed by atoms with Gasteiger partial charge in [0.1, 0.15) is 0 Å². The van der Waals surface area contributed by atoms with Crippen molar-refractivity contribution in [1.82, 2.24) is 10.6 Å². The highest BCUT2D eigenvalue weighted by Crippen LogP contribution is 2.42. The number of carbonyl (C=O) groups excluding carboxylic acids is 2. The van der Waals surface area contributed by atoms with Crippen molar-refractivity contribution in [3.05, 3.63) is 0 Å². The molecular weight excluding hydrogens is 258 g/mol. The van der Waals surface area contributed by atoms with E-state index in [0.29, 0.717) is 0 Å². The van der Waals surface area contributed by atoms with Crippen LogP contribution < -0.4 is 16.4 Å². The van der Waals surface area contributed by atoms with E-state index in [1.54, 1.807) is 7.11 Å². The molecule has 0 aromatic heterocycles. The lowest BCUT2D eigenvalue weighted by Crippen LogP contribution is -2.62. The molecule has 0 heterocycles. The molecule has 0 saturated heterocycles. The van der Waals surface area contributed by atoms with Crippen LogP contribution in [0.15, 0.2) is 0 Å². The second kappa shape index (κ2) is 6.92. The van der Waals surface area contributed by atoms with Crippen molar-refractivity contribution >= 4 is 24.2 Å². The first kappa shape index (κ1) is 17.2. The molecule has 2 atom stereocenters.